The topological polar surface area (TPSA) is 41.3 Å². The van der Waals surface area contributed by atoms with Gasteiger partial charge in [0.2, 0.25) is 0 Å². The summed E-state index contributed by atoms with van der Waals surface area (Å²) in [7, 11) is 0. The van der Waals surface area contributed by atoms with Crippen LogP contribution in [0, 0.1) is 19.8 Å². The molecule has 2 rings (SSSR count). The number of halogens is 2. The summed E-state index contributed by atoms with van der Waals surface area (Å²) >= 11 is 10.5. The third kappa shape index (κ3) is 23.2. The summed E-state index contributed by atoms with van der Waals surface area (Å²) in [6.07, 6.45) is 9.90. The molecule has 0 aliphatic rings. The zero-order valence-electron chi connectivity index (χ0n) is 26.0. The number of benzene rings is 2. The second-order valence-electron chi connectivity index (χ2n) is 9.21. The zero-order chi connectivity index (χ0) is 29.9. The maximum absolute atomic E-state index is 5.97. The molecular formula is C33H57Cl2N3. The van der Waals surface area contributed by atoms with Gasteiger partial charge in [0.1, 0.15) is 0 Å². The lowest BCUT2D eigenvalue weighted by atomic mass is 10.1. The summed E-state index contributed by atoms with van der Waals surface area (Å²) < 4.78 is 0. The monoisotopic (exact) mass is 565 g/mol. The van der Waals surface area contributed by atoms with E-state index in [0.717, 1.165) is 42.6 Å². The predicted molar refractivity (Wildman–Crippen MR) is 176 cm³/mol. The van der Waals surface area contributed by atoms with Crippen molar-refractivity contribution in [1.82, 2.24) is 10.3 Å². The van der Waals surface area contributed by atoms with Gasteiger partial charge in [-0.25, -0.2) is 5.84 Å². The Kier molecular flexibility index (Phi) is 30.0. The van der Waals surface area contributed by atoms with Gasteiger partial charge in [0.05, 0.1) is 6.54 Å². The van der Waals surface area contributed by atoms with Crippen LogP contribution in [0.2, 0.25) is 5.02 Å². The molecule has 0 saturated carbocycles. The summed E-state index contributed by atoms with van der Waals surface area (Å²) in [5, 5.41) is 5.62. The van der Waals surface area contributed by atoms with Crippen molar-refractivity contribution in [3.05, 3.63) is 94.3 Å². The van der Waals surface area contributed by atoms with E-state index in [2.05, 4.69) is 114 Å². The third-order valence-corrected chi connectivity index (χ3v) is 5.96. The van der Waals surface area contributed by atoms with Crippen molar-refractivity contribution < 1.29 is 0 Å². The Morgan fingerprint density at radius 2 is 1.61 bits per heavy atom. The number of aryl methyl sites for hydroxylation is 3. The second kappa shape index (κ2) is 28.1. The lowest BCUT2D eigenvalue weighted by molar-refractivity contribution is 0.350. The molecular weight excluding hydrogens is 509 g/mol. The van der Waals surface area contributed by atoms with Crippen molar-refractivity contribution in [2.45, 2.75) is 94.5 Å². The highest BCUT2D eigenvalue weighted by atomic mass is 35.5. The maximum Gasteiger partial charge on any atom is 0.0591 e. The van der Waals surface area contributed by atoms with Crippen LogP contribution in [0.1, 0.15) is 90.0 Å². The Bertz CT molecular complexity index is 848. The van der Waals surface area contributed by atoms with Crippen LogP contribution in [0.4, 0.5) is 0 Å². The first-order valence-electron chi connectivity index (χ1n) is 13.8. The molecule has 0 aromatic heterocycles. The first-order valence-corrected chi connectivity index (χ1v) is 14.9. The van der Waals surface area contributed by atoms with Gasteiger partial charge in [0.15, 0.2) is 0 Å². The number of hydrazine groups is 1. The van der Waals surface area contributed by atoms with Crippen LogP contribution in [0.5, 0.6) is 0 Å². The van der Waals surface area contributed by atoms with Gasteiger partial charge in [-0.15, -0.1) is 11.6 Å². The van der Waals surface area contributed by atoms with E-state index >= 15 is 0 Å². The average Bonchev–Trinajstić information content (AvgIpc) is 2.92. The fraction of sp³-hybridized carbons (Fsp3) is 0.515. The number of allylic oxidation sites excluding steroid dienone is 2. The maximum atomic E-state index is 5.97. The fourth-order valence-corrected chi connectivity index (χ4v) is 2.80. The highest BCUT2D eigenvalue weighted by molar-refractivity contribution is 6.31. The normalized spacial score (nSPS) is 9.79. The van der Waals surface area contributed by atoms with Crippen molar-refractivity contribution in [3.63, 3.8) is 0 Å². The Morgan fingerprint density at radius 3 is 2.00 bits per heavy atom. The van der Waals surface area contributed by atoms with Gasteiger partial charge in [-0.1, -0.05) is 109 Å². The minimum absolute atomic E-state index is 0.773. The number of rotatable bonds is 9. The molecule has 3 nitrogen and oxygen atoms in total. The van der Waals surface area contributed by atoms with Crippen LogP contribution < -0.4 is 11.2 Å². The molecule has 5 heteroatoms. The van der Waals surface area contributed by atoms with Crippen molar-refractivity contribution in [1.29, 1.82) is 0 Å². The van der Waals surface area contributed by atoms with E-state index in [1.807, 2.05) is 19.9 Å². The Hall–Kier alpha value is -1.94. The SMILES string of the molecule is C=CNCCC.CC/C=C(/C)N(N)Cc1ccccc1C.CCC(C)C.CCc1ccc(Cl)c(C)c1.CCl. The molecule has 0 atom stereocenters. The minimum atomic E-state index is 0.773. The first kappa shape index (κ1) is 40.6. The number of nitrogens with zero attached hydrogens (tertiary/aromatic N) is 1. The van der Waals surface area contributed by atoms with Gasteiger partial charge in [-0.05, 0) is 80.5 Å². The zero-order valence-corrected chi connectivity index (χ0v) is 27.5. The number of hydrogen-bond acceptors (Lipinski definition) is 3. The second-order valence-corrected chi connectivity index (χ2v) is 9.61. The van der Waals surface area contributed by atoms with Gasteiger partial charge in [-0.2, -0.15) is 0 Å². The predicted octanol–water partition coefficient (Wildman–Crippen LogP) is 10.2. The molecule has 0 radical (unpaired) electrons. The number of nitrogens with one attached hydrogen (secondary N) is 1. The molecule has 0 aliphatic heterocycles. The Morgan fingerprint density at radius 1 is 1.03 bits per heavy atom. The average molecular weight is 567 g/mol. The lowest BCUT2D eigenvalue weighted by Gasteiger charge is -2.20. The first-order chi connectivity index (χ1) is 18.1. The lowest BCUT2D eigenvalue weighted by Crippen LogP contribution is -2.28. The summed E-state index contributed by atoms with van der Waals surface area (Å²) in [5.74, 6) is 6.85. The van der Waals surface area contributed by atoms with E-state index in [0.29, 0.717) is 0 Å². The van der Waals surface area contributed by atoms with Gasteiger partial charge >= 0.3 is 0 Å². The fourth-order valence-electron chi connectivity index (χ4n) is 2.68. The molecule has 218 valence electrons. The van der Waals surface area contributed by atoms with Gasteiger partial charge < -0.3 is 10.3 Å². The van der Waals surface area contributed by atoms with E-state index < -0.39 is 0 Å². The van der Waals surface area contributed by atoms with Crippen LogP contribution in [-0.2, 0) is 13.0 Å². The van der Waals surface area contributed by atoms with Crippen LogP contribution in [-0.4, -0.2) is 17.9 Å². The summed E-state index contributed by atoms with van der Waals surface area (Å²) in [4.78, 5) is 0. The van der Waals surface area contributed by atoms with Gasteiger partial charge in [0.25, 0.3) is 0 Å². The molecule has 0 amide bonds. The number of nitrogens with two attached hydrogens (primary N) is 1. The molecule has 0 aliphatic carbocycles. The smallest absolute Gasteiger partial charge is 0.0591 e. The Labute approximate surface area is 246 Å². The molecule has 0 spiro atoms. The number of alkyl halides is 1. The molecule has 0 saturated heterocycles. The quantitative estimate of drug-likeness (QED) is 0.137. The van der Waals surface area contributed by atoms with Crippen molar-refractivity contribution in [3.8, 4) is 0 Å². The van der Waals surface area contributed by atoms with Crippen LogP contribution in [0.3, 0.4) is 0 Å². The minimum Gasteiger partial charge on any atom is -0.391 e. The molecule has 0 heterocycles. The van der Waals surface area contributed by atoms with Gasteiger partial charge in [0, 0.05) is 23.6 Å². The largest absolute Gasteiger partial charge is 0.391 e. The van der Waals surface area contributed by atoms with Crippen LogP contribution in [0.15, 0.2) is 67.0 Å². The van der Waals surface area contributed by atoms with Crippen molar-refractivity contribution in [2.24, 2.45) is 11.8 Å². The third-order valence-electron chi connectivity index (χ3n) is 5.54. The molecule has 3 N–H and O–H groups in total. The summed E-state index contributed by atoms with van der Waals surface area (Å²) in [6, 6.07) is 14.5. The van der Waals surface area contributed by atoms with Crippen molar-refractivity contribution in [2.75, 3.05) is 12.9 Å². The molecule has 2 aromatic carbocycles. The molecule has 0 unspecified atom stereocenters. The highest BCUT2D eigenvalue weighted by Gasteiger charge is 2.03. The van der Waals surface area contributed by atoms with Crippen LogP contribution in [0.25, 0.3) is 0 Å². The highest BCUT2D eigenvalue weighted by Crippen LogP contribution is 2.16. The molecule has 38 heavy (non-hydrogen) atoms. The van der Waals surface area contributed by atoms with Gasteiger partial charge in [-0.3, -0.25) is 0 Å². The van der Waals surface area contributed by atoms with E-state index in [4.69, 9.17) is 17.4 Å². The standard InChI is InChI=1S/C13H20N2.C9H11Cl.C5H11N.C5H12.CH3Cl/c1-4-7-12(3)15(14)10-13-9-6-5-8-11(13)2;1-3-8-4-5-9(10)7(2)6-8;1-3-5-6-4-2;1-4-5(2)3;1-2/h5-9H,4,10,14H2,1-3H3;4-6H,3H2,1-2H3;4,6H,2-3,5H2,1H3;5H,4H2,1-3H3;1H3/b12-7-;;;;. The summed E-state index contributed by atoms with van der Waals surface area (Å²) in [6.45, 7) is 24.5. The molecule has 0 fully saturated rings. The van der Waals surface area contributed by atoms with Crippen molar-refractivity contribution >= 4 is 23.2 Å². The Balaban J connectivity index is -0.000000460. The van der Waals surface area contributed by atoms with E-state index in [1.165, 1.54) is 41.5 Å². The van der Waals surface area contributed by atoms with Crippen LogP contribution >= 0.6 is 23.2 Å². The molecule has 2 aromatic rings. The summed E-state index contributed by atoms with van der Waals surface area (Å²) in [5.41, 5.74) is 6.21. The van der Waals surface area contributed by atoms with E-state index in [-0.39, 0.29) is 0 Å². The number of hydrogen-bond donors (Lipinski definition) is 2. The van der Waals surface area contributed by atoms with E-state index in [9.17, 15) is 0 Å². The van der Waals surface area contributed by atoms with E-state index in [1.54, 1.807) is 11.2 Å². The molecule has 0 bridgehead atoms.